The highest BCUT2D eigenvalue weighted by Gasteiger charge is 2.13. The Hall–Kier alpha value is -1.33. The first-order chi connectivity index (χ1) is 8.32. The summed E-state index contributed by atoms with van der Waals surface area (Å²) >= 11 is 9.12. The number of hydrogen-bond acceptors (Lipinski definition) is 2. The minimum atomic E-state index is -1.11. The molecule has 0 unspecified atom stereocenters. The van der Waals surface area contributed by atoms with E-state index in [9.17, 15) is 9.59 Å². The van der Waals surface area contributed by atoms with Gasteiger partial charge in [0.15, 0.2) is 0 Å². The third-order valence-corrected chi connectivity index (χ3v) is 3.63. The Morgan fingerprint density at radius 2 is 1.89 bits per heavy atom. The van der Waals surface area contributed by atoms with Crippen LogP contribution in [0.1, 0.15) is 13.8 Å². The molecule has 0 bridgehead atoms. The van der Waals surface area contributed by atoms with E-state index < -0.39 is 11.9 Å². The van der Waals surface area contributed by atoms with Gasteiger partial charge < -0.3 is 10.4 Å². The summed E-state index contributed by atoms with van der Waals surface area (Å²) in [5, 5.41) is 11.8. The lowest BCUT2D eigenvalue weighted by atomic mass is 10.1. The highest BCUT2D eigenvalue weighted by molar-refractivity contribution is 9.10. The van der Waals surface area contributed by atoms with Gasteiger partial charge in [0.2, 0.25) is 0 Å². The Morgan fingerprint density at radius 1 is 1.28 bits per heavy atom. The van der Waals surface area contributed by atoms with Crippen LogP contribution in [0.5, 0.6) is 0 Å². The maximum Gasteiger partial charge on any atom is 0.331 e. The van der Waals surface area contributed by atoms with Crippen molar-refractivity contribution in [2.75, 3.05) is 5.32 Å². The zero-order valence-corrected chi connectivity index (χ0v) is 12.1. The van der Waals surface area contributed by atoms with Gasteiger partial charge >= 0.3 is 5.97 Å². The normalized spacial score (nSPS) is 11.8. The van der Waals surface area contributed by atoms with Gasteiger partial charge in [-0.25, -0.2) is 4.79 Å². The quantitative estimate of drug-likeness (QED) is 0.833. The van der Waals surface area contributed by atoms with Crippen LogP contribution in [0.2, 0.25) is 5.02 Å². The van der Waals surface area contributed by atoms with Gasteiger partial charge in [-0.05, 0) is 48.0 Å². The zero-order valence-electron chi connectivity index (χ0n) is 9.75. The topological polar surface area (TPSA) is 66.4 Å². The molecule has 0 aliphatic heterocycles. The number of rotatable bonds is 3. The van der Waals surface area contributed by atoms with Gasteiger partial charge in [-0.2, -0.15) is 0 Å². The lowest BCUT2D eigenvalue weighted by molar-refractivity contribution is -0.133. The second kappa shape index (κ2) is 6.02. The first kappa shape index (κ1) is 14.7. The second-order valence-corrected chi connectivity index (χ2v) is 4.90. The van der Waals surface area contributed by atoms with Crippen LogP contribution in [0.3, 0.4) is 0 Å². The lowest BCUT2D eigenvalue weighted by Gasteiger charge is -2.07. The number of benzene rings is 1. The van der Waals surface area contributed by atoms with E-state index in [-0.39, 0.29) is 11.1 Å². The van der Waals surface area contributed by atoms with Gasteiger partial charge in [0.1, 0.15) is 0 Å². The highest BCUT2D eigenvalue weighted by Crippen LogP contribution is 2.25. The summed E-state index contributed by atoms with van der Waals surface area (Å²) < 4.78 is 0.719. The van der Waals surface area contributed by atoms with Crippen molar-refractivity contribution in [3.8, 4) is 0 Å². The number of halogens is 2. The third-order valence-electron chi connectivity index (χ3n) is 2.40. The van der Waals surface area contributed by atoms with Crippen LogP contribution in [0.25, 0.3) is 0 Å². The molecular formula is C12H11BrClNO3. The van der Waals surface area contributed by atoms with E-state index >= 15 is 0 Å². The molecule has 0 saturated carbocycles. The van der Waals surface area contributed by atoms with E-state index in [0.29, 0.717) is 10.7 Å². The van der Waals surface area contributed by atoms with Crippen molar-refractivity contribution in [2.45, 2.75) is 13.8 Å². The molecule has 4 nitrogen and oxygen atoms in total. The minimum absolute atomic E-state index is 0.00992. The summed E-state index contributed by atoms with van der Waals surface area (Å²) in [5.41, 5.74) is 0.669. The molecule has 0 saturated heterocycles. The summed E-state index contributed by atoms with van der Waals surface area (Å²) in [6.45, 7) is 2.84. The molecular weight excluding hydrogens is 321 g/mol. The summed E-state index contributed by atoms with van der Waals surface area (Å²) in [6.07, 6.45) is 0. The zero-order chi connectivity index (χ0) is 13.9. The molecule has 2 N–H and O–H groups in total. The van der Waals surface area contributed by atoms with Gasteiger partial charge in [0.05, 0.1) is 5.02 Å². The molecule has 0 aromatic heterocycles. The Morgan fingerprint density at radius 3 is 2.39 bits per heavy atom. The predicted molar refractivity (Wildman–Crippen MR) is 73.8 cm³/mol. The standard InChI is InChI=1S/C12H11BrClNO3/c1-6(7(2)12(17)18)11(16)15-8-3-4-9(13)10(14)5-8/h3-5H,1-2H3,(H,15,16)(H,17,18)/b7-6+. The Balaban J connectivity index is 2.92. The van der Waals surface area contributed by atoms with Crippen molar-refractivity contribution >= 4 is 45.1 Å². The van der Waals surface area contributed by atoms with Gasteiger partial charge in [-0.15, -0.1) is 0 Å². The SMILES string of the molecule is C/C(C(=O)O)=C(/C)C(=O)Nc1ccc(Br)c(Cl)c1. The van der Waals surface area contributed by atoms with Crippen molar-refractivity contribution in [2.24, 2.45) is 0 Å². The Labute approximate surface area is 118 Å². The summed E-state index contributed by atoms with van der Waals surface area (Å²) in [5.74, 6) is -1.58. The van der Waals surface area contributed by atoms with E-state index in [4.69, 9.17) is 16.7 Å². The van der Waals surface area contributed by atoms with Crippen molar-refractivity contribution < 1.29 is 14.7 Å². The minimum Gasteiger partial charge on any atom is -0.478 e. The summed E-state index contributed by atoms with van der Waals surface area (Å²) in [7, 11) is 0. The average Bonchev–Trinajstić information content (AvgIpc) is 2.31. The maximum atomic E-state index is 11.8. The number of carboxylic acids is 1. The molecule has 1 aromatic rings. The molecule has 0 radical (unpaired) electrons. The molecule has 96 valence electrons. The summed E-state index contributed by atoms with van der Waals surface area (Å²) in [4.78, 5) is 22.5. The van der Waals surface area contributed by atoms with Crippen LogP contribution in [0.15, 0.2) is 33.8 Å². The van der Waals surface area contributed by atoms with Crippen LogP contribution in [-0.2, 0) is 9.59 Å². The van der Waals surface area contributed by atoms with Crippen molar-refractivity contribution in [1.29, 1.82) is 0 Å². The van der Waals surface area contributed by atoms with Crippen LogP contribution >= 0.6 is 27.5 Å². The second-order valence-electron chi connectivity index (χ2n) is 3.64. The van der Waals surface area contributed by atoms with Gasteiger partial charge in [0.25, 0.3) is 5.91 Å². The molecule has 0 atom stereocenters. The van der Waals surface area contributed by atoms with E-state index in [1.165, 1.54) is 13.8 Å². The average molecular weight is 333 g/mol. The molecule has 1 amide bonds. The monoisotopic (exact) mass is 331 g/mol. The highest BCUT2D eigenvalue weighted by atomic mass is 79.9. The number of carboxylic acid groups (broad SMARTS) is 1. The number of nitrogens with one attached hydrogen (secondary N) is 1. The number of aliphatic carboxylic acids is 1. The number of hydrogen-bond donors (Lipinski definition) is 2. The first-order valence-corrected chi connectivity index (χ1v) is 6.17. The molecule has 0 aliphatic carbocycles. The van der Waals surface area contributed by atoms with E-state index in [2.05, 4.69) is 21.2 Å². The van der Waals surface area contributed by atoms with E-state index in [0.717, 1.165) is 4.47 Å². The van der Waals surface area contributed by atoms with Crippen LogP contribution < -0.4 is 5.32 Å². The van der Waals surface area contributed by atoms with Crippen molar-refractivity contribution in [1.82, 2.24) is 0 Å². The largest absolute Gasteiger partial charge is 0.478 e. The van der Waals surface area contributed by atoms with Crippen LogP contribution in [0, 0.1) is 0 Å². The molecule has 0 aliphatic rings. The fraction of sp³-hybridized carbons (Fsp3) is 0.167. The van der Waals surface area contributed by atoms with Gasteiger partial charge in [0, 0.05) is 21.3 Å². The van der Waals surface area contributed by atoms with Crippen LogP contribution in [0.4, 0.5) is 5.69 Å². The lowest BCUT2D eigenvalue weighted by Crippen LogP contribution is -2.16. The smallest absolute Gasteiger partial charge is 0.331 e. The fourth-order valence-electron chi connectivity index (χ4n) is 1.13. The van der Waals surface area contributed by atoms with Gasteiger partial charge in [-0.1, -0.05) is 11.6 Å². The predicted octanol–water partition coefficient (Wildman–Crippen LogP) is 3.46. The molecule has 6 heteroatoms. The molecule has 18 heavy (non-hydrogen) atoms. The molecule has 0 fully saturated rings. The fourth-order valence-corrected chi connectivity index (χ4v) is 1.56. The first-order valence-electron chi connectivity index (χ1n) is 5.00. The summed E-state index contributed by atoms with van der Waals surface area (Å²) in [6, 6.07) is 4.94. The molecule has 1 aromatic carbocycles. The van der Waals surface area contributed by atoms with Crippen molar-refractivity contribution in [3.05, 3.63) is 38.8 Å². The van der Waals surface area contributed by atoms with E-state index in [1.54, 1.807) is 18.2 Å². The molecule has 0 heterocycles. The van der Waals surface area contributed by atoms with Crippen LogP contribution in [-0.4, -0.2) is 17.0 Å². The Kier molecular flexibility index (Phi) is 4.93. The molecule has 0 spiro atoms. The van der Waals surface area contributed by atoms with Crippen molar-refractivity contribution in [3.63, 3.8) is 0 Å². The van der Waals surface area contributed by atoms with Gasteiger partial charge in [-0.3, -0.25) is 4.79 Å². The number of amides is 1. The third kappa shape index (κ3) is 3.58. The number of anilines is 1. The maximum absolute atomic E-state index is 11.8. The molecule has 1 rings (SSSR count). The number of carbonyl (C=O) groups excluding carboxylic acids is 1. The van der Waals surface area contributed by atoms with E-state index in [1.807, 2.05) is 0 Å². The Bertz CT molecular complexity index is 540. The number of carbonyl (C=O) groups is 2.